The molecule has 3 rings (SSSR count). The van der Waals surface area contributed by atoms with Gasteiger partial charge in [-0.25, -0.2) is 0 Å². The summed E-state index contributed by atoms with van der Waals surface area (Å²) in [5, 5.41) is 10.7. The Morgan fingerprint density at radius 3 is 2.70 bits per heavy atom. The first-order valence-corrected chi connectivity index (χ1v) is 8.23. The molecular formula is C16H28N2O2. The van der Waals surface area contributed by atoms with Crippen molar-refractivity contribution in [3.63, 3.8) is 0 Å². The Morgan fingerprint density at radius 2 is 2.00 bits per heavy atom. The van der Waals surface area contributed by atoms with E-state index in [1.165, 1.54) is 6.42 Å². The third-order valence-electron chi connectivity index (χ3n) is 6.23. The number of hydrogen-bond acceptors (Lipinski definition) is 3. The molecule has 114 valence electrons. The third-order valence-corrected chi connectivity index (χ3v) is 6.23. The van der Waals surface area contributed by atoms with Gasteiger partial charge in [0.05, 0.1) is 11.0 Å². The van der Waals surface area contributed by atoms with Crippen molar-refractivity contribution in [3.8, 4) is 0 Å². The van der Waals surface area contributed by atoms with Crippen molar-refractivity contribution in [3.05, 3.63) is 0 Å². The van der Waals surface area contributed by atoms with Gasteiger partial charge in [-0.1, -0.05) is 19.3 Å². The smallest absolute Gasteiger partial charge is 0.230 e. The first-order chi connectivity index (χ1) is 9.46. The van der Waals surface area contributed by atoms with Crippen LogP contribution in [0.4, 0.5) is 0 Å². The lowest BCUT2D eigenvalue weighted by molar-refractivity contribution is -0.153. The number of carbonyl (C=O) groups is 1. The van der Waals surface area contributed by atoms with Crippen molar-refractivity contribution in [1.29, 1.82) is 0 Å². The van der Waals surface area contributed by atoms with Crippen LogP contribution < -0.4 is 5.73 Å². The predicted octanol–water partition coefficient (Wildman–Crippen LogP) is 1.66. The molecule has 3 fully saturated rings. The summed E-state index contributed by atoms with van der Waals surface area (Å²) < 4.78 is 0. The van der Waals surface area contributed by atoms with Crippen molar-refractivity contribution in [2.24, 2.45) is 17.1 Å². The molecule has 20 heavy (non-hydrogen) atoms. The molecule has 3 aliphatic rings. The molecule has 2 saturated carbocycles. The molecule has 4 atom stereocenters. The number of carbonyl (C=O) groups excluding carboxylic acids is 1. The van der Waals surface area contributed by atoms with E-state index in [0.29, 0.717) is 6.54 Å². The number of nitrogens with zero attached hydrogens (tertiary/aromatic N) is 1. The maximum absolute atomic E-state index is 12.9. The monoisotopic (exact) mass is 280 g/mol. The summed E-state index contributed by atoms with van der Waals surface area (Å²) in [6.07, 6.45) is 7.97. The highest BCUT2D eigenvalue weighted by atomic mass is 16.3. The van der Waals surface area contributed by atoms with Gasteiger partial charge in [0, 0.05) is 25.0 Å². The topological polar surface area (TPSA) is 66.6 Å². The number of amides is 1. The Bertz CT molecular complexity index is 400. The summed E-state index contributed by atoms with van der Waals surface area (Å²) in [6, 6.07) is 0.00201. The summed E-state index contributed by atoms with van der Waals surface area (Å²) in [5.41, 5.74) is 5.30. The summed E-state index contributed by atoms with van der Waals surface area (Å²) in [4.78, 5) is 14.9. The van der Waals surface area contributed by atoms with Crippen LogP contribution in [0.2, 0.25) is 0 Å². The third kappa shape index (κ3) is 2.17. The second-order valence-corrected chi connectivity index (χ2v) is 7.46. The minimum atomic E-state index is -0.506. The van der Waals surface area contributed by atoms with E-state index in [4.69, 9.17) is 5.73 Å². The summed E-state index contributed by atoms with van der Waals surface area (Å²) >= 11 is 0. The van der Waals surface area contributed by atoms with Gasteiger partial charge in [-0.2, -0.15) is 0 Å². The number of aliphatic hydroxyl groups is 1. The Kier molecular flexibility index (Phi) is 3.57. The number of piperidine rings is 1. The van der Waals surface area contributed by atoms with Gasteiger partial charge in [0.1, 0.15) is 0 Å². The lowest BCUT2D eigenvalue weighted by Gasteiger charge is -2.49. The molecule has 0 radical (unpaired) electrons. The van der Waals surface area contributed by atoms with Crippen molar-refractivity contribution in [2.75, 3.05) is 13.1 Å². The molecule has 0 aromatic rings. The van der Waals surface area contributed by atoms with Crippen molar-refractivity contribution < 1.29 is 9.90 Å². The fraction of sp³-hybridized carbons (Fsp3) is 0.938. The van der Waals surface area contributed by atoms with E-state index >= 15 is 0 Å². The maximum atomic E-state index is 12.9. The lowest BCUT2D eigenvalue weighted by Crippen LogP contribution is -2.58. The molecule has 0 bridgehead atoms. The summed E-state index contributed by atoms with van der Waals surface area (Å²) in [5.74, 6) is 0.505. The summed E-state index contributed by atoms with van der Waals surface area (Å²) in [7, 11) is 0. The van der Waals surface area contributed by atoms with Crippen LogP contribution in [0, 0.1) is 11.3 Å². The van der Waals surface area contributed by atoms with E-state index in [1.807, 2.05) is 11.8 Å². The minimum Gasteiger partial charge on any atom is -0.389 e. The number of fused-ring (bicyclic) bond motifs is 1. The van der Waals surface area contributed by atoms with Gasteiger partial charge in [-0.15, -0.1) is 0 Å². The van der Waals surface area contributed by atoms with E-state index in [2.05, 4.69) is 0 Å². The average Bonchev–Trinajstić information content (AvgIpc) is 2.78. The second kappa shape index (κ2) is 4.99. The Hall–Kier alpha value is -0.610. The Balaban J connectivity index is 1.71. The van der Waals surface area contributed by atoms with Gasteiger partial charge in [0.15, 0.2) is 0 Å². The van der Waals surface area contributed by atoms with Crippen LogP contribution in [0.1, 0.15) is 58.3 Å². The number of nitrogens with two attached hydrogens (primary N) is 1. The zero-order valence-electron chi connectivity index (χ0n) is 12.6. The Labute approximate surface area is 121 Å². The van der Waals surface area contributed by atoms with Gasteiger partial charge >= 0.3 is 0 Å². The van der Waals surface area contributed by atoms with E-state index in [1.54, 1.807) is 0 Å². The van der Waals surface area contributed by atoms with Crippen LogP contribution in [-0.4, -0.2) is 40.6 Å². The summed E-state index contributed by atoms with van der Waals surface area (Å²) in [6.45, 7) is 3.47. The molecule has 1 amide bonds. The molecule has 1 heterocycles. The quantitative estimate of drug-likeness (QED) is 0.767. The van der Waals surface area contributed by atoms with Crippen LogP contribution in [0.25, 0.3) is 0 Å². The fourth-order valence-electron chi connectivity index (χ4n) is 4.58. The first kappa shape index (κ1) is 14.3. The lowest BCUT2D eigenvalue weighted by atomic mass is 9.70. The highest BCUT2D eigenvalue weighted by Gasteiger charge is 2.49. The van der Waals surface area contributed by atoms with E-state index < -0.39 is 5.60 Å². The Morgan fingerprint density at radius 1 is 1.20 bits per heavy atom. The van der Waals surface area contributed by atoms with Crippen molar-refractivity contribution in [2.45, 2.75) is 69.9 Å². The zero-order chi connectivity index (χ0) is 14.4. The van der Waals surface area contributed by atoms with E-state index in [9.17, 15) is 9.90 Å². The molecule has 1 saturated heterocycles. The van der Waals surface area contributed by atoms with Gasteiger partial charge < -0.3 is 15.7 Å². The van der Waals surface area contributed by atoms with E-state index in [-0.39, 0.29) is 23.3 Å². The molecule has 0 aromatic heterocycles. The van der Waals surface area contributed by atoms with Crippen LogP contribution in [0.5, 0.6) is 0 Å². The van der Waals surface area contributed by atoms with Crippen LogP contribution in [-0.2, 0) is 4.79 Å². The second-order valence-electron chi connectivity index (χ2n) is 7.46. The number of hydrogen-bond donors (Lipinski definition) is 2. The fourth-order valence-corrected chi connectivity index (χ4v) is 4.58. The minimum absolute atomic E-state index is 0.00201. The standard InChI is InChI=1S/C16H28N2O2/c1-15(7-4-6-13(15)17)14(19)18-10-9-16(20)8-3-2-5-12(16)11-18/h12-13,20H,2-11,17H2,1H3. The molecule has 4 nitrogen and oxygen atoms in total. The number of likely N-dealkylation sites (tertiary alicyclic amines) is 1. The number of rotatable bonds is 1. The largest absolute Gasteiger partial charge is 0.389 e. The zero-order valence-corrected chi connectivity index (χ0v) is 12.6. The van der Waals surface area contributed by atoms with Crippen LogP contribution in [0.3, 0.4) is 0 Å². The molecule has 4 unspecified atom stereocenters. The van der Waals surface area contributed by atoms with Crippen LogP contribution in [0.15, 0.2) is 0 Å². The predicted molar refractivity (Wildman–Crippen MR) is 78.0 cm³/mol. The molecule has 0 spiro atoms. The van der Waals surface area contributed by atoms with Crippen LogP contribution >= 0.6 is 0 Å². The highest BCUT2D eigenvalue weighted by Crippen LogP contribution is 2.43. The molecule has 2 aliphatic carbocycles. The molecule has 1 aliphatic heterocycles. The normalized spacial score (nSPS) is 45.2. The van der Waals surface area contributed by atoms with Crippen molar-refractivity contribution >= 4 is 5.91 Å². The average molecular weight is 280 g/mol. The maximum Gasteiger partial charge on any atom is 0.230 e. The van der Waals surface area contributed by atoms with Gasteiger partial charge in [-0.05, 0) is 39.0 Å². The SMILES string of the molecule is CC1(C(=O)N2CCC3(O)CCCCC3C2)CCCC1N. The molecular weight excluding hydrogens is 252 g/mol. The molecule has 0 aromatic carbocycles. The van der Waals surface area contributed by atoms with E-state index in [0.717, 1.165) is 51.5 Å². The van der Waals surface area contributed by atoms with Crippen molar-refractivity contribution in [1.82, 2.24) is 4.90 Å². The highest BCUT2D eigenvalue weighted by molar-refractivity contribution is 5.83. The molecule has 3 N–H and O–H groups in total. The molecule has 4 heteroatoms. The van der Waals surface area contributed by atoms with Gasteiger partial charge in [0.2, 0.25) is 5.91 Å². The van der Waals surface area contributed by atoms with Gasteiger partial charge in [0.25, 0.3) is 0 Å². The van der Waals surface area contributed by atoms with Gasteiger partial charge in [-0.3, -0.25) is 4.79 Å². The first-order valence-electron chi connectivity index (χ1n) is 8.23.